The minimum atomic E-state index is 0.474. The molecule has 1 aromatic rings. The van der Waals surface area contributed by atoms with Gasteiger partial charge in [0.15, 0.2) is 0 Å². The normalized spacial score (nSPS) is 35.1. The average molecular weight is 247 g/mol. The molecule has 0 aliphatic heterocycles. The van der Waals surface area contributed by atoms with Gasteiger partial charge in [0.2, 0.25) is 0 Å². The van der Waals surface area contributed by atoms with Gasteiger partial charge >= 0.3 is 0 Å². The third-order valence-corrected chi connectivity index (χ3v) is 5.06. The zero-order valence-electron chi connectivity index (χ0n) is 11.6. The SMILES string of the molecule is CC1(C)CCCC1NC1CCCC1n1ccnc1. The van der Waals surface area contributed by atoms with E-state index in [-0.39, 0.29) is 0 Å². The average Bonchev–Trinajstić information content (AvgIpc) is 3.01. The smallest absolute Gasteiger partial charge is 0.0949 e. The Morgan fingerprint density at radius 1 is 1.22 bits per heavy atom. The van der Waals surface area contributed by atoms with Gasteiger partial charge in [-0.05, 0) is 37.5 Å². The lowest BCUT2D eigenvalue weighted by molar-refractivity contribution is 0.241. The topological polar surface area (TPSA) is 29.9 Å². The lowest BCUT2D eigenvalue weighted by Crippen LogP contribution is -2.45. The van der Waals surface area contributed by atoms with Crippen LogP contribution in [-0.2, 0) is 0 Å². The maximum atomic E-state index is 4.20. The Hall–Kier alpha value is -0.830. The Morgan fingerprint density at radius 3 is 2.78 bits per heavy atom. The highest BCUT2D eigenvalue weighted by Gasteiger charge is 2.38. The van der Waals surface area contributed by atoms with Crippen LogP contribution in [0.4, 0.5) is 0 Å². The van der Waals surface area contributed by atoms with Gasteiger partial charge in [0.1, 0.15) is 0 Å². The summed E-state index contributed by atoms with van der Waals surface area (Å²) < 4.78 is 2.30. The molecule has 3 heteroatoms. The van der Waals surface area contributed by atoms with Crippen molar-refractivity contribution in [2.24, 2.45) is 5.41 Å². The molecule has 18 heavy (non-hydrogen) atoms. The van der Waals surface area contributed by atoms with Crippen LogP contribution in [0.25, 0.3) is 0 Å². The molecule has 2 fully saturated rings. The van der Waals surface area contributed by atoms with Crippen molar-refractivity contribution in [1.82, 2.24) is 14.9 Å². The Labute approximate surface area is 110 Å². The van der Waals surface area contributed by atoms with Crippen molar-refractivity contribution in [3.8, 4) is 0 Å². The van der Waals surface area contributed by atoms with Gasteiger partial charge in [-0.3, -0.25) is 0 Å². The van der Waals surface area contributed by atoms with E-state index in [0.717, 1.165) is 0 Å². The summed E-state index contributed by atoms with van der Waals surface area (Å²) in [4.78, 5) is 4.20. The van der Waals surface area contributed by atoms with Crippen LogP contribution in [0.15, 0.2) is 18.7 Å². The second-order valence-electron chi connectivity index (χ2n) is 6.71. The van der Waals surface area contributed by atoms with Crippen LogP contribution < -0.4 is 5.32 Å². The summed E-state index contributed by atoms with van der Waals surface area (Å²) in [5.74, 6) is 0. The van der Waals surface area contributed by atoms with Gasteiger partial charge in [-0.25, -0.2) is 4.98 Å². The Kier molecular flexibility index (Phi) is 3.18. The minimum Gasteiger partial charge on any atom is -0.333 e. The molecule has 3 nitrogen and oxygen atoms in total. The predicted octanol–water partition coefficient (Wildman–Crippen LogP) is 3.15. The molecule has 0 amide bonds. The predicted molar refractivity (Wildman–Crippen MR) is 73.5 cm³/mol. The van der Waals surface area contributed by atoms with Gasteiger partial charge < -0.3 is 9.88 Å². The zero-order chi connectivity index (χ0) is 12.6. The highest BCUT2D eigenvalue weighted by atomic mass is 15.1. The van der Waals surface area contributed by atoms with Gasteiger partial charge in [0.05, 0.1) is 6.33 Å². The number of imidazole rings is 1. The minimum absolute atomic E-state index is 0.474. The molecule has 100 valence electrons. The zero-order valence-corrected chi connectivity index (χ0v) is 11.6. The van der Waals surface area contributed by atoms with Crippen LogP contribution in [0.3, 0.4) is 0 Å². The summed E-state index contributed by atoms with van der Waals surface area (Å²) in [6.45, 7) is 4.83. The lowest BCUT2D eigenvalue weighted by atomic mass is 9.86. The maximum absolute atomic E-state index is 4.20. The van der Waals surface area contributed by atoms with Gasteiger partial charge in [0, 0.05) is 30.5 Å². The van der Waals surface area contributed by atoms with Gasteiger partial charge in [0.25, 0.3) is 0 Å². The van der Waals surface area contributed by atoms with Crippen LogP contribution in [0, 0.1) is 5.41 Å². The van der Waals surface area contributed by atoms with E-state index < -0.39 is 0 Å². The Balaban J connectivity index is 1.69. The van der Waals surface area contributed by atoms with E-state index in [9.17, 15) is 0 Å². The number of rotatable bonds is 3. The first-order valence-electron chi connectivity index (χ1n) is 7.40. The first-order chi connectivity index (χ1) is 8.67. The summed E-state index contributed by atoms with van der Waals surface area (Å²) in [7, 11) is 0. The number of hydrogen-bond donors (Lipinski definition) is 1. The Bertz CT molecular complexity index is 382. The molecular weight excluding hydrogens is 222 g/mol. The molecule has 2 aliphatic carbocycles. The van der Waals surface area contributed by atoms with Crippen molar-refractivity contribution < 1.29 is 0 Å². The van der Waals surface area contributed by atoms with E-state index in [0.29, 0.717) is 23.5 Å². The highest BCUT2D eigenvalue weighted by molar-refractivity contribution is 4.97. The van der Waals surface area contributed by atoms with Crippen LogP contribution in [0.1, 0.15) is 58.4 Å². The molecule has 1 aromatic heterocycles. The van der Waals surface area contributed by atoms with Crippen molar-refractivity contribution >= 4 is 0 Å². The van der Waals surface area contributed by atoms with E-state index in [1.54, 1.807) is 0 Å². The monoisotopic (exact) mass is 247 g/mol. The van der Waals surface area contributed by atoms with Crippen molar-refractivity contribution in [1.29, 1.82) is 0 Å². The molecule has 2 saturated carbocycles. The molecule has 1 N–H and O–H groups in total. The van der Waals surface area contributed by atoms with Crippen molar-refractivity contribution in [2.75, 3.05) is 0 Å². The fourth-order valence-electron chi connectivity index (χ4n) is 3.85. The third kappa shape index (κ3) is 2.20. The van der Waals surface area contributed by atoms with E-state index >= 15 is 0 Å². The van der Waals surface area contributed by atoms with E-state index in [1.807, 2.05) is 12.5 Å². The molecular formula is C15H25N3. The fraction of sp³-hybridized carbons (Fsp3) is 0.800. The number of aromatic nitrogens is 2. The highest BCUT2D eigenvalue weighted by Crippen LogP contribution is 2.39. The number of nitrogens with one attached hydrogen (secondary N) is 1. The van der Waals surface area contributed by atoms with Gasteiger partial charge in [-0.15, -0.1) is 0 Å². The first-order valence-corrected chi connectivity index (χ1v) is 7.40. The summed E-state index contributed by atoms with van der Waals surface area (Å²) >= 11 is 0. The lowest BCUT2D eigenvalue weighted by Gasteiger charge is -2.33. The Morgan fingerprint density at radius 2 is 2.11 bits per heavy atom. The van der Waals surface area contributed by atoms with E-state index in [4.69, 9.17) is 0 Å². The summed E-state index contributed by atoms with van der Waals surface area (Å²) in [6.07, 6.45) is 14.0. The fourth-order valence-corrected chi connectivity index (χ4v) is 3.85. The number of nitrogens with zero attached hydrogens (tertiary/aromatic N) is 2. The van der Waals surface area contributed by atoms with Crippen LogP contribution in [0.5, 0.6) is 0 Å². The molecule has 3 atom stereocenters. The largest absolute Gasteiger partial charge is 0.333 e. The number of hydrogen-bond acceptors (Lipinski definition) is 2. The van der Waals surface area contributed by atoms with Gasteiger partial charge in [-0.1, -0.05) is 20.3 Å². The van der Waals surface area contributed by atoms with E-state index in [1.165, 1.54) is 38.5 Å². The standard InChI is InChI=1S/C15H25N3/c1-15(2)8-4-7-14(15)17-12-5-3-6-13(12)18-10-9-16-11-18/h9-14,17H,3-8H2,1-2H3. The van der Waals surface area contributed by atoms with Crippen molar-refractivity contribution in [3.05, 3.63) is 18.7 Å². The molecule has 0 aromatic carbocycles. The molecule has 2 aliphatic rings. The molecule has 3 unspecified atom stereocenters. The summed E-state index contributed by atoms with van der Waals surface area (Å²) in [5.41, 5.74) is 0.474. The maximum Gasteiger partial charge on any atom is 0.0949 e. The third-order valence-electron chi connectivity index (χ3n) is 5.06. The van der Waals surface area contributed by atoms with Crippen LogP contribution in [0.2, 0.25) is 0 Å². The van der Waals surface area contributed by atoms with Crippen LogP contribution in [-0.4, -0.2) is 21.6 Å². The molecule has 0 saturated heterocycles. The quantitative estimate of drug-likeness (QED) is 0.889. The molecule has 0 radical (unpaired) electrons. The second-order valence-corrected chi connectivity index (χ2v) is 6.71. The van der Waals surface area contributed by atoms with Crippen molar-refractivity contribution in [3.63, 3.8) is 0 Å². The first kappa shape index (κ1) is 12.2. The molecule has 1 heterocycles. The second kappa shape index (κ2) is 4.69. The molecule has 0 bridgehead atoms. The van der Waals surface area contributed by atoms with Gasteiger partial charge in [-0.2, -0.15) is 0 Å². The molecule has 3 rings (SSSR count). The summed E-state index contributed by atoms with van der Waals surface area (Å²) in [6, 6.07) is 1.96. The van der Waals surface area contributed by atoms with Crippen LogP contribution >= 0.6 is 0 Å². The van der Waals surface area contributed by atoms with Crippen molar-refractivity contribution in [2.45, 2.75) is 70.5 Å². The van der Waals surface area contributed by atoms with E-state index in [2.05, 4.69) is 34.9 Å². The molecule has 0 spiro atoms. The summed E-state index contributed by atoms with van der Waals surface area (Å²) in [5, 5.41) is 3.96.